The van der Waals surface area contributed by atoms with E-state index in [-0.39, 0.29) is 11.9 Å². The Bertz CT molecular complexity index is 600. The van der Waals surface area contributed by atoms with Crippen molar-refractivity contribution in [1.82, 2.24) is 15.1 Å². The van der Waals surface area contributed by atoms with Gasteiger partial charge >= 0.3 is 6.03 Å². The van der Waals surface area contributed by atoms with Crippen molar-refractivity contribution in [3.8, 4) is 0 Å². The third-order valence-corrected chi connectivity index (χ3v) is 5.01. The van der Waals surface area contributed by atoms with Gasteiger partial charge < -0.3 is 15.1 Å². The van der Waals surface area contributed by atoms with Gasteiger partial charge in [0.1, 0.15) is 5.82 Å². The first-order valence-electron chi connectivity index (χ1n) is 9.62. The van der Waals surface area contributed by atoms with Crippen LogP contribution >= 0.6 is 0 Å². The number of unbranched alkanes of at least 4 members (excludes halogenated alkanes) is 1. The molecule has 5 nitrogen and oxygen atoms in total. The Morgan fingerprint density at radius 1 is 1.15 bits per heavy atom. The predicted octanol–water partition coefficient (Wildman–Crippen LogP) is 3.51. The maximum Gasteiger partial charge on any atom is 0.317 e. The third-order valence-electron chi connectivity index (χ3n) is 5.01. The molecule has 1 heterocycles. The molecule has 1 aromatic carbocycles. The molecule has 144 valence electrons. The molecule has 1 unspecified atom stereocenters. The highest BCUT2D eigenvalue weighted by Crippen LogP contribution is 2.13. The van der Waals surface area contributed by atoms with Crippen molar-refractivity contribution < 1.29 is 14.0 Å². The molecule has 1 fully saturated rings. The van der Waals surface area contributed by atoms with E-state index in [0.29, 0.717) is 44.2 Å². The van der Waals surface area contributed by atoms with E-state index in [0.717, 1.165) is 12.8 Å². The number of piperazine rings is 1. The van der Waals surface area contributed by atoms with Crippen LogP contribution in [0.15, 0.2) is 24.3 Å². The summed E-state index contributed by atoms with van der Waals surface area (Å²) in [7, 11) is 0. The van der Waals surface area contributed by atoms with Crippen molar-refractivity contribution in [3.63, 3.8) is 0 Å². The molecule has 1 N–H and O–H groups in total. The number of carbonyl (C=O) groups excluding carboxylic acids is 2. The first-order chi connectivity index (χ1) is 12.5. The summed E-state index contributed by atoms with van der Waals surface area (Å²) in [6.45, 7) is 6.97. The van der Waals surface area contributed by atoms with Crippen LogP contribution in [0.1, 0.15) is 49.9 Å². The SMILES string of the molecule is CCCCC(CC)CNC(=O)N1CCN(C(=O)c2cccc(F)c2)CC1. The van der Waals surface area contributed by atoms with Crippen molar-refractivity contribution in [2.45, 2.75) is 39.5 Å². The molecule has 3 amide bonds. The topological polar surface area (TPSA) is 52.7 Å². The summed E-state index contributed by atoms with van der Waals surface area (Å²) in [6, 6.07) is 5.67. The smallest absolute Gasteiger partial charge is 0.317 e. The average Bonchev–Trinajstić information content (AvgIpc) is 2.67. The normalized spacial score (nSPS) is 15.7. The number of amides is 3. The molecular formula is C20H30FN3O2. The number of nitrogens with one attached hydrogen (secondary N) is 1. The minimum atomic E-state index is -0.414. The molecule has 0 aliphatic carbocycles. The molecule has 0 saturated carbocycles. The van der Waals surface area contributed by atoms with E-state index < -0.39 is 5.82 Å². The molecule has 26 heavy (non-hydrogen) atoms. The van der Waals surface area contributed by atoms with Crippen molar-refractivity contribution in [2.24, 2.45) is 5.92 Å². The molecule has 0 aromatic heterocycles. The summed E-state index contributed by atoms with van der Waals surface area (Å²) < 4.78 is 13.3. The van der Waals surface area contributed by atoms with Crippen molar-refractivity contribution in [3.05, 3.63) is 35.6 Å². The van der Waals surface area contributed by atoms with Gasteiger partial charge in [0.2, 0.25) is 0 Å². The van der Waals surface area contributed by atoms with E-state index in [1.165, 1.54) is 31.0 Å². The van der Waals surface area contributed by atoms with Crippen LogP contribution in [0.5, 0.6) is 0 Å². The average molecular weight is 363 g/mol. The maximum absolute atomic E-state index is 13.3. The number of halogens is 1. The van der Waals surface area contributed by atoms with Gasteiger partial charge in [0.25, 0.3) is 5.91 Å². The van der Waals surface area contributed by atoms with Crippen LogP contribution in [0.4, 0.5) is 9.18 Å². The van der Waals surface area contributed by atoms with Crippen LogP contribution in [0.2, 0.25) is 0 Å². The molecule has 0 radical (unpaired) electrons. The fourth-order valence-electron chi connectivity index (χ4n) is 3.20. The molecule has 1 aromatic rings. The van der Waals surface area contributed by atoms with E-state index in [4.69, 9.17) is 0 Å². The molecule has 1 atom stereocenters. The van der Waals surface area contributed by atoms with E-state index in [2.05, 4.69) is 19.2 Å². The number of benzene rings is 1. The van der Waals surface area contributed by atoms with Crippen LogP contribution in [0.25, 0.3) is 0 Å². The third kappa shape index (κ3) is 5.71. The second kappa shape index (κ2) is 10.1. The highest BCUT2D eigenvalue weighted by atomic mass is 19.1. The van der Waals surface area contributed by atoms with E-state index in [1.54, 1.807) is 15.9 Å². The largest absolute Gasteiger partial charge is 0.338 e. The number of rotatable bonds is 7. The number of hydrogen-bond donors (Lipinski definition) is 1. The Morgan fingerprint density at radius 2 is 1.85 bits per heavy atom. The Labute approximate surface area is 155 Å². The Kier molecular flexibility index (Phi) is 7.88. The lowest BCUT2D eigenvalue weighted by Crippen LogP contribution is -2.53. The number of carbonyl (C=O) groups is 2. The quantitative estimate of drug-likeness (QED) is 0.806. The molecule has 1 aliphatic heterocycles. The lowest BCUT2D eigenvalue weighted by Gasteiger charge is -2.35. The summed E-state index contributed by atoms with van der Waals surface area (Å²) in [5.41, 5.74) is 0.351. The second-order valence-electron chi connectivity index (χ2n) is 6.89. The lowest BCUT2D eigenvalue weighted by molar-refractivity contribution is 0.0664. The summed E-state index contributed by atoms with van der Waals surface area (Å²) in [6.07, 6.45) is 4.57. The van der Waals surface area contributed by atoms with Gasteiger partial charge in [-0.05, 0) is 30.5 Å². The summed E-state index contributed by atoms with van der Waals surface area (Å²) in [5, 5.41) is 3.03. The minimum absolute atomic E-state index is 0.0576. The van der Waals surface area contributed by atoms with Gasteiger partial charge in [-0.3, -0.25) is 4.79 Å². The molecule has 0 bridgehead atoms. The molecular weight excluding hydrogens is 333 g/mol. The van der Waals surface area contributed by atoms with E-state index in [1.807, 2.05) is 0 Å². The van der Waals surface area contributed by atoms with Crippen LogP contribution in [0, 0.1) is 11.7 Å². The highest BCUT2D eigenvalue weighted by molar-refractivity contribution is 5.94. The van der Waals surface area contributed by atoms with Gasteiger partial charge in [-0.1, -0.05) is 39.2 Å². The minimum Gasteiger partial charge on any atom is -0.338 e. The lowest BCUT2D eigenvalue weighted by atomic mass is 9.99. The molecule has 2 rings (SSSR count). The van der Waals surface area contributed by atoms with Crippen molar-refractivity contribution in [2.75, 3.05) is 32.7 Å². The Balaban J connectivity index is 1.78. The van der Waals surface area contributed by atoms with Crippen LogP contribution in [0.3, 0.4) is 0 Å². The fourth-order valence-corrected chi connectivity index (χ4v) is 3.20. The molecule has 6 heteroatoms. The first-order valence-corrected chi connectivity index (χ1v) is 9.62. The first kappa shape index (κ1) is 20.2. The molecule has 0 spiro atoms. The van der Waals surface area contributed by atoms with E-state index in [9.17, 15) is 14.0 Å². The number of urea groups is 1. The van der Waals surface area contributed by atoms with Gasteiger partial charge in [0.05, 0.1) is 0 Å². The van der Waals surface area contributed by atoms with Crippen LogP contribution in [-0.2, 0) is 0 Å². The summed E-state index contributed by atoms with van der Waals surface area (Å²) in [5.74, 6) is -0.0765. The highest BCUT2D eigenvalue weighted by Gasteiger charge is 2.25. The standard InChI is InChI=1S/C20H30FN3O2/c1-3-5-7-16(4-2)15-22-20(26)24-12-10-23(11-13-24)19(25)17-8-6-9-18(21)14-17/h6,8-9,14,16H,3-5,7,10-13,15H2,1-2H3,(H,22,26). The van der Waals surface area contributed by atoms with E-state index >= 15 is 0 Å². The van der Waals surface area contributed by atoms with Gasteiger partial charge in [-0.2, -0.15) is 0 Å². The maximum atomic E-state index is 13.3. The number of nitrogens with zero attached hydrogens (tertiary/aromatic N) is 2. The summed E-state index contributed by atoms with van der Waals surface area (Å²) in [4.78, 5) is 28.2. The van der Waals surface area contributed by atoms with Gasteiger partial charge in [-0.15, -0.1) is 0 Å². The van der Waals surface area contributed by atoms with Crippen molar-refractivity contribution >= 4 is 11.9 Å². The zero-order valence-corrected chi connectivity index (χ0v) is 15.8. The number of hydrogen-bond acceptors (Lipinski definition) is 2. The van der Waals surface area contributed by atoms with Gasteiger partial charge in [-0.25, -0.2) is 9.18 Å². The molecule has 1 saturated heterocycles. The van der Waals surface area contributed by atoms with Gasteiger partial charge in [0.15, 0.2) is 0 Å². The zero-order valence-electron chi connectivity index (χ0n) is 15.8. The summed E-state index contributed by atoms with van der Waals surface area (Å²) >= 11 is 0. The van der Waals surface area contributed by atoms with Gasteiger partial charge in [0, 0.05) is 38.3 Å². The second-order valence-corrected chi connectivity index (χ2v) is 6.89. The fraction of sp³-hybridized carbons (Fsp3) is 0.600. The predicted molar refractivity (Wildman–Crippen MR) is 101 cm³/mol. The Hall–Kier alpha value is -2.11. The Morgan fingerprint density at radius 3 is 2.46 bits per heavy atom. The van der Waals surface area contributed by atoms with Crippen molar-refractivity contribution in [1.29, 1.82) is 0 Å². The zero-order chi connectivity index (χ0) is 18.9. The van der Waals surface area contributed by atoms with Crippen LogP contribution in [-0.4, -0.2) is 54.5 Å². The van der Waals surface area contributed by atoms with Crippen LogP contribution < -0.4 is 5.32 Å². The monoisotopic (exact) mass is 363 g/mol. The molecule has 1 aliphatic rings.